The molecule has 4 nitrogen and oxygen atoms in total. The third kappa shape index (κ3) is 3.38. The molecule has 0 radical (unpaired) electrons. The number of para-hydroxylation sites is 1. The van der Waals surface area contributed by atoms with Gasteiger partial charge in [0.15, 0.2) is 0 Å². The number of rotatable bonds is 2. The Morgan fingerprint density at radius 2 is 2.21 bits per heavy atom. The molecule has 2 rings (SSSR count). The first-order valence-electron chi connectivity index (χ1n) is 5.64. The summed E-state index contributed by atoms with van der Waals surface area (Å²) >= 11 is 5.76. The molecule has 0 bridgehead atoms. The molecule has 2 aromatic rings. The molecule has 4 N–H and O–H groups in total. The van der Waals surface area contributed by atoms with Gasteiger partial charge < -0.3 is 16.0 Å². The van der Waals surface area contributed by atoms with Crippen LogP contribution in [0.3, 0.4) is 0 Å². The lowest BCUT2D eigenvalue weighted by atomic mass is 10.2. The van der Waals surface area contributed by atoms with E-state index in [1.54, 1.807) is 18.3 Å². The number of hydrogen-bond acceptors (Lipinski definition) is 2. The predicted molar refractivity (Wildman–Crippen MR) is 76.1 cm³/mol. The summed E-state index contributed by atoms with van der Waals surface area (Å²) in [4.78, 5) is 14.8. The first kappa shape index (κ1) is 13.2. The van der Waals surface area contributed by atoms with Crippen molar-refractivity contribution in [3.05, 3.63) is 52.8 Å². The topological polar surface area (TPSA) is 70.9 Å². The summed E-state index contributed by atoms with van der Waals surface area (Å²) in [6.07, 6.45) is 1.55. The summed E-state index contributed by atoms with van der Waals surface area (Å²) in [5, 5.41) is 3.26. The summed E-state index contributed by atoms with van der Waals surface area (Å²) in [5.41, 5.74) is 7.10. The number of aromatic nitrogens is 1. The zero-order chi connectivity index (χ0) is 13.7. The number of anilines is 1. The highest BCUT2D eigenvalue weighted by atomic mass is 35.5. The molecule has 0 atom stereocenters. The monoisotopic (exact) mass is 273 g/mol. The van der Waals surface area contributed by atoms with Crippen LogP contribution in [0.5, 0.6) is 0 Å². The molecule has 0 aliphatic carbocycles. The molecule has 1 amide bonds. The highest BCUT2D eigenvalue weighted by Crippen LogP contribution is 2.16. The summed E-state index contributed by atoms with van der Waals surface area (Å²) < 4.78 is 0. The number of carbonyl (C=O) groups excluding carboxylic acids is 1. The average molecular weight is 274 g/mol. The average Bonchev–Trinajstić information content (AvgIpc) is 2.84. The van der Waals surface area contributed by atoms with Gasteiger partial charge in [-0.1, -0.05) is 35.6 Å². The van der Waals surface area contributed by atoms with Gasteiger partial charge in [0.05, 0.1) is 17.3 Å². The highest BCUT2D eigenvalue weighted by Gasteiger charge is 2.09. The number of nitrogens with one attached hydrogen (secondary N) is 2. The van der Waals surface area contributed by atoms with Gasteiger partial charge in [0, 0.05) is 11.8 Å². The van der Waals surface area contributed by atoms with Crippen LogP contribution in [0.15, 0.2) is 36.5 Å². The summed E-state index contributed by atoms with van der Waals surface area (Å²) in [5.74, 6) is 5.40. The molecular weight excluding hydrogens is 262 g/mol. The molecule has 0 saturated heterocycles. The maximum Gasteiger partial charge on any atom is 0.272 e. The standard InChI is InChI=1S/C14H12ClN3O/c15-11-8-13(17-9-11)14(19)18-12-6-2-1-4-10(12)5-3-7-16/h1-2,4,6,8-9,17H,7,16H2,(H,18,19). The molecule has 1 aromatic carbocycles. The SMILES string of the molecule is NCC#Cc1ccccc1NC(=O)c1cc(Cl)c[nH]1. The van der Waals surface area contributed by atoms with Crippen LogP contribution in [0.2, 0.25) is 5.02 Å². The molecule has 1 aromatic heterocycles. The minimum atomic E-state index is -0.270. The molecule has 96 valence electrons. The minimum absolute atomic E-state index is 0.270. The minimum Gasteiger partial charge on any atom is -0.356 e. The predicted octanol–water partition coefficient (Wildman–Crippen LogP) is 2.23. The fraction of sp³-hybridized carbons (Fsp3) is 0.0714. The molecule has 0 saturated carbocycles. The molecule has 19 heavy (non-hydrogen) atoms. The number of amides is 1. The van der Waals surface area contributed by atoms with Crippen molar-refractivity contribution in [1.82, 2.24) is 4.98 Å². The molecule has 0 fully saturated rings. The Labute approximate surface area is 116 Å². The quantitative estimate of drug-likeness (QED) is 0.734. The lowest BCUT2D eigenvalue weighted by molar-refractivity contribution is 0.102. The van der Waals surface area contributed by atoms with Crippen molar-refractivity contribution >= 4 is 23.2 Å². The largest absolute Gasteiger partial charge is 0.356 e. The second-order valence-electron chi connectivity index (χ2n) is 3.74. The molecule has 0 aliphatic rings. The first-order chi connectivity index (χ1) is 9.20. The summed E-state index contributed by atoms with van der Waals surface area (Å²) in [6, 6.07) is 8.83. The van der Waals surface area contributed by atoms with E-state index in [1.807, 2.05) is 18.2 Å². The second-order valence-corrected chi connectivity index (χ2v) is 4.17. The molecule has 5 heteroatoms. The van der Waals surface area contributed by atoms with E-state index in [9.17, 15) is 4.79 Å². The molecule has 0 unspecified atom stereocenters. The number of H-pyrrole nitrogens is 1. The third-order valence-corrected chi connectivity index (χ3v) is 2.61. The van der Waals surface area contributed by atoms with E-state index in [1.165, 1.54) is 0 Å². The van der Waals surface area contributed by atoms with Gasteiger partial charge in [0.25, 0.3) is 5.91 Å². The van der Waals surface area contributed by atoms with Crippen LogP contribution >= 0.6 is 11.6 Å². The van der Waals surface area contributed by atoms with E-state index >= 15 is 0 Å². The van der Waals surface area contributed by atoms with E-state index in [0.717, 1.165) is 5.56 Å². The number of nitrogens with two attached hydrogens (primary N) is 1. The Kier molecular flexibility index (Phi) is 4.24. The number of carbonyl (C=O) groups is 1. The Morgan fingerprint density at radius 3 is 2.89 bits per heavy atom. The lowest BCUT2D eigenvalue weighted by Gasteiger charge is -2.06. The third-order valence-electron chi connectivity index (χ3n) is 2.39. The van der Waals surface area contributed by atoms with E-state index in [4.69, 9.17) is 17.3 Å². The van der Waals surface area contributed by atoms with Crippen molar-refractivity contribution < 1.29 is 4.79 Å². The van der Waals surface area contributed by atoms with Crippen LogP contribution in [-0.4, -0.2) is 17.4 Å². The van der Waals surface area contributed by atoms with Gasteiger partial charge in [-0.2, -0.15) is 0 Å². The van der Waals surface area contributed by atoms with Crippen molar-refractivity contribution in [2.45, 2.75) is 0 Å². The fourth-order valence-corrected chi connectivity index (χ4v) is 1.70. The van der Waals surface area contributed by atoms with Crippen LogP contribution in [0.25, 0.3) is 0 Å². The van der Waals surface area contributed by atoms with E-state index in [0.29, 0.717) is 16.4 Å². The molecule has 0 spiro atoms. The van der Waals surface area contributed by atoms with Crippen LogP contribution in [0.4, 0.5) is 5.69 Å². The summed E-state index contributed by atoms with van der Waals surface area (Å²) in [7, 11) is 0. The van der Waals surface area contributed by atoms with Crippen molar-refractivity contribution in [3.8, 4) is 11.8 Å². The highest BCUT2D eigenvalue weighted by molar-refractivity contribution is 6.31. The van der Waals surface area contributed by atoms with Crippen LogP contribution in [0.1, 0.15) is 16.1 Å². The maximum absolute atomic E-state index is 12.0. The van der Waals surface area contributed by atoms with Crippen LogP contribution in [0, 0.1) is 11.8 Å². The van der Waals surface area contributed by atoms with Gasteiger partial charge in [-0.25, -0.2) is 0 Å². The van der Waals surface area contributed by atoms with Crippen molar-refractivity contribution in [1.29, 1.82) is 0 Å². The number of benzene rings is 1. The zero-order valence-corrected chi connectivity index (χ0v) is 10.8. The van der Waals surface area contributed by atoms with Gasteiger partial charge in [0.2, 0.25) is 0 Å². The molecule has 0 aliphatic heterocycles. The van der Waals surface area contributed by atoms with Gasteiger partial charge in [-0.3, -0.25) is 4.79 Å². The lowest BCUT2D eigenvalue weighted by Crippen LogP contribution is -2.13. The van der Waals surface area contributed by atoms with Crippen molar-refractivity contribution in [2.24, 2.45) is 5.73 Å². The Bertz CT molecular complexity index is 652. The smallest absolute Gasteiger partial charge is 0.272 e. The van der Waals surface area contributed by atoms with E-state index < -0.39 is 0 Å². The van der Waals surface area contributed by atoms with Gasteiger partial charge in [-0.15, -0.1) is 0 Å². The van der Waals surface area contributed by atoms with Crippen LogP contribution < -0.4 is 11.1 Å². The van der Waals surface area contributed by atoms with Gasteiger partial charge in [0.1, 0.15) is 5.69 Å². The number of aromatic amines is 1. The zero-order valence-electron chi connectivity index (χ0n) is 10.0. The van der Waals surface area contributed by atoms with Crippen molar-refractivity contribution in [3.63, 3.8) is 0 Å². The maximum atomic E-state index is 12.0. The van der Waals surface area contributed by atoms with Crippen LogP contribution in [-0.2, 0) is 0 Å². The Balaban J connectivity index is 2.21. The summed E-state index contributed by atoms with van der Waals surface area (Å²) in [6.45, 7) is 0.272. The van der Waals surface area contributed by atoms with E-state index in [-0.39, 0.29) is 12.5 Å². The number of halogens is 1. The Morgan fingerprint density at radius 1 is 1.42 bits per heavy atom. The first-order valence-corrected chi connectivity index (χ1v) is 6.01. The fourth-order valence-electron chi connectivity index (χ4n) is 1.54. The normalized spacial score (nSPS) is 9.58. The second kappa shape index (κ2) is 6.10. The molecule has 1 heterocycles. The van der Waals surface area contributed by atoms with Crippen molar-refractivity contribution in [2.75, 3.05) is 11.9 Å². The van der Waals surface area contributed by atoms with Gasteiger partial charge in [-0.05, 0) is 18.2 Å². The Hall–Kier alpha value is -2.22. The molecular formula is C14H12ClN3O. The number of hydrogen-bond donors (Lipinski definition) is 3. The van der Waals surface area contributed by atoms with E-state index in [2.05, 4.69) is 22.1 Å². The van der Waals surface area contributed by atoms with Gasteiger partial charge >= 0.3 is 0 Å².